The molecule has 0 aliphatic rings. The number of rotatable bonds is 3. The van der Waals surface area contributed by atoms with Gasteiger partial charge in [0.05, 0.1) is 0 Å². The first kappa shape index (κ1) is 9.98. The molecule has 2 aromatic rings. The summed E-state index contributed by atoms with van der Waals surface area (Å²) in [5.74, 6) is 0.412. The second-order valence-corrected chi connectivity index (χ2v) is 3.71. The minimum atomic E-state index is -0.274. The van der Waals surface area contributed by atoms with Gasteiger partial charge < -0.3 is 9.73 Å². The van der Waals surface area contributed by atoms with Gasteiger partial charge in [-0.3, -0.25) is 0 Å². The van der Waals surface area contributed by atoms with Crippen LogP contribution in [0.15, 0.2) is 34.7 Å². The Morgan fingerprint density at radius 3 is 2.60 bits per heavy atom. The molecule has 15 heavy (non-hydrogen) atoms. The van der Waals surface area contributed by atoms with E-state index in [9.17, 15) is 0 Å². The Bertz CT molecular complexity index is 427. The van der Waals surface area contributed by atoms with Gasteiger partial charge in [0.2, 0.25) is 5.89 Å². The molecule has 1 aromatic heterocycles. The molecule has 0 amide bonds. The molecule has 1 atom stereocenters. The molecule has 0 spiro atoms. The highest BCUT2D eigenvalue weighted by atomic mass is 35.5. The first-order valence-electron chi connectivity index (χ1n) is 4.55. The molecular formula is C10H10ClN3O. The molecule has 0 radical (unpaired) electrons. The lowest BCUT2D eigenvalue weighted by Crippen LogP contribution is -1.88. The Labute approximate surface area is 92.3 Å². The van der Waals surface area contributed by atoms with E-state index in [1.165, 1.54) is 0 Å². The summed E-state index contributed by atoms with van der Waals surface area (Å²) in [4.78, 5) is 0. The van der Waals surface area contributed by atoms with E-state index in [0.717, 1.165) is 5.69 Å². The molecule has 0 aliphatic heterocycles. The Balaban J connectivity index is 2.12. The Morgan fingerprint density at radius 2 is 2.00 bits per heavy atom. The van der Waals surface area contributed by atoms with Crippen molar-refractivity contribution in [3.8, 4) is 0 Å². The van der Waals surface area contributed by atoms with Gasteiger partial charge in [0.1, 0.15) is 5.38 Å². The van der Waals surface area contributed by atoms with Gasteiger partial charge in [-0.05, 0) is 19.1 Å². The van der Waals surface area contributed by atoms with E-state index in [4.69, 9.17) is 16.0 Å². The van der Waals surface area contributed by atoms with Crippen molar-refractivity contribution in [3.05, 3.63) is 36.2 Å². The van der Waals surface area contributed by atoms with Crippen LogP contribution in [0.3, 0.4) is 0 Å². The number of aromatic nitrogens is 2. The molecule has 0 saturated heterocycles. The second-order valence-electron chi connectivity index (χ2n) is 3.05. The zero-order valence-corrected chi connectivity index (χ0v) is 8.90. The third-order valence-corrected chi connectivity index (χ3v) is 1.99. The van der Waals surface area contributed by atoms with E-state index >= 15 is 0 Å². The Hall–Kier alpha value is -1.55. The van der Waals surface area contributed by atoms with E-state index in [1.807, 2.05) is 30.3 Å². The zero-order chi connectivity index (χ0) is 10.7. The van der Waals surface area contributed by atoms with Gasteiger partial charge in [-0.15, -0.1) is 16.7 Å². The summed E-state index contributed by atoms with van der Waals surface area (Å²) >= 11 is 5.80. The Morgan fingerprint density at radius 1 is 1.27 bits per heavy atom. The lowest BCUT2D eigenvalue weighted by molar-refractivity contribution is 0.510. The number of nitrogens with one attached hydrogen (secondary N) is 1. The SMILES string of the molecule is CC(Cl)c1nnc(Nc2ccccc2)o1. The third kappa shape index (κ3) is 2.47. The number of benzene rings is 1. The number of nitrogens with zero attached hydrogens (tertiary/aromatic N) is 2. The monoisotopic (exact) mass is 223 g/mol. The largest absolute Gasteiger partial charge is 0.406 e. The molecule has 1 heterocycles. The van der Waals surface area contributed by atoms with Crippen LogP contribution < -0.4 is 5.32 Å². The highest BCUT2D eigenvalue weighted by Crippen LogP contribution is 2.21. The van der Waals surface area contributed by atoms with E-state index < -0.39 is 0 Å². The molecule has 1 unspecified atom stereocenters. The standard InChI is InChI=1S/C10H10ClN3O/c1-7(11)9-13-14-10(15-9)12-8-5-3-2-4-6-8/h2-7H,1H3,(H,12,14). The fraction of sp³-hybridized carbons (Fsp3) is 0.200. The van der Waals surface area contributed by atoms with Crippen molar-refractivity contribution in [3.63, 3.8) is 0 Å². The smallest absolute Gasteiger partial charge is 0.320 e. The minimum absolute atomic E-state index is 0.274. The van der Waals surface area contributed by atoms with Crippen molar-refractivity contribution in [1.29, 1.82) is 0 Å². The fourth-order valence-electron chi connectivity index (χ4n) is 1.09. The summed E-state index contributed by atoms with van der Waals surface area (Å²) in [5.41, 5.74) is 0.898. The summed E-state index contributed by atoms with van der Waals surface area (Å²) in [6, 6.07) is 9.95. The summed E-state index contributed by atoms with van der Waals surface area (Å²) in [6.45, 7) is 1.78. The van der Waals surface area contributed by atoms with Gasteiger partial charge in [0.15, 0.2) is 0 Å². The number of para-hydroxylation sites is 1. The summed E-state index contributed by atoms with van der Waals surface area (Å²) in [6.07, 6.45) is 0. The second kappa shape index (κ2) is 4.31. The summed E-state index contributed by atoms with van der Waals surface area (Å²) in [7, 11) is 0. The molecule has 4 nitrogen and oxygen atoms in total. The molecule has 1 aromatic carbocycles. The maximum absolute atomic E-state index is 5.80. The number of hydrogen-bond acceptors (Lipinski definition) is 4. The average Bonchev–Trinajstić information content (AvgIpc) is 2.68. The number of anilines is 2. The maximum Gasteiger partial charge on any atom is 0.320 e. The zero-order valence-electron chi connectivity index (χ0n) is 8.14. The van der Waals surface area contributed by atoms with E-state index in [0.29, 0.717) is 11.9 Å². The van der Waals surface area contributed by atoms with Gasteiger partial charge in [-0.25, -0.2) is 0 Å². The van der Waals surface area contributed by atoms with E-state index in [1.54, 1.807) is 6.92 Å². The van der Waals surface area contributed by atoms with Crippen molar-refractivity contribution in [2.45, 2.75) is 12.3 Å². The van der Waals surface area contributed by atoms with Crippen molar-refractivity contribution >= 4 is 23.3 Å². The highest BCUT2D eigenvalue weighted by Gasteiger charge is 2.10. The van der Waals surface area contributed by atoms with Crippen LogP contribution in [-0.4, -0.2) is 10.2 Å². The molecular weight excluding hydrogens is 214 g/mol. The lowest BCUT2D eigenvalue weighted by atomic mass is 10.3. The highest BCUT2D eigenvalue weighted by molar-refractivity contribution is 6.20. The van der Waals surface area contributed by atoms with Gasteiger partial charge in [-0.1, -0.05) is 23.3 Å². The van der Waals surface area contributed by atoms with Crippen LogP contribution in [0, 0.1) is 0 Å². The van der Waals surface area contributed by atoms with Crippen LogP contribution in [0.1, 0.15) is 18.2 Å². The van der Waals surface area contributed by atoms with Crippen LogP contribution >= 0.6 is 11.6 Å². The molecule has 0 fully saturated rings. The van der Waals surface area contributed by atoms with Crippen LogP contribution in [0.5, 0.6) is 0 Å². The van der Waals surface area contributed by atoms with Gasteiger partial charge in [0, 0.05) is 5.69 Å². The number of hydrogen-bond donors (Lipinski definition) is 1. The first-order chi connectivity index (χ1) is 7.25. The van der Waals surface area contributed by atoms with Crippen LogP contribution in [0.4, 0.5) is 11.7 Å². The fourth-order valence-corrected chi connectivity index (χ4v) is 1.18. The van der Waals surface area contributed by atoms with Crippen LogP contribution in [0.25, 0.3) is 0 Å². The van der Waals surface area contributed by atoms with Gasteiger partial charge in [0.25, 0.3) is 0 Å². The van der Waals surface area contributed by atoms with Crippen LogP contribution in [-0.2, 0) is 0 Å². The van der Waals surface area contributed by atoms with E-state index in [-0.39, 0.29) is 5.38 Å². The molecule has 0 saturated carbocycles. The van der Waals surface area contributed by atoms with Crippen molar-refractivity contribution < 1.29 is 4.42 Å². The quantitative estimate of drug-likeness (QED) is 0.813. The number of halogens is 1. The van der Waals surface area contributed by atoms with Crippen LogP contribution in [0.2, 0.25) is 0 Å². The minimum Gasteiger partial charge on any atom is -0.406 e. The normalized spacial score (nSPS) is 12.4. The van der Waals surface area contributed by atoms with Gasteiger partial charge >= 0.3 is 6.01 Å². The first-order valence-corrected chi connectivity index (χ1v) is 4.99. The molecule has 0 aliphatic carbocycles. The predicted octanol–water partition coefficient (Wildman–Crippen LogP) is 3.11. The molecule has 78 valence electrons. The number of alkyl halides is 1. The topological polar surface area (TPSA) is 51.0 Å². The summed E-state index contributed by atoms with van der Waals surface area (Å²) in [5, 5.41) is 10.3. The Kier molecular flexibility index (Phi) is 2.87. The van der Waals surface area contributed by atoms with Crippen molar-refractivity contribution in [2.75, 3.05) is 5.32 Å². The third-order valence-electron chi connectivity index (χ3n) is 1.81. The van der Waals surface area contributed by atoms with E-state index in [2.05, 4.69) is 15.5 Å². The van der Waals surface area contributed by atoms with Crippen molar-refractivity contribution in [2.24, 2.45) is 0 Å². The van der Waals surface area contributed by atoms with Gasteiger partial charge in [-0.2, -0.15) is 0 Å². The lowest BCUT2D eigenvalue weighted by Gasteiger charge is -1.99. The summed E-state index contributed by atoms with van der Waals surface area (Å²) < 4.78 is 5.28. The predicted molar refractivity (Wildman–Crippen MR) is 58.3 cm³/mol. The molecule has 0 bridgehead atoms. The molecule has 5 heteroatoms. The molecule has 1 N–H and O–H groups in total. The molecule has 2 rings (SSSR count). The average molecular weight is 224 g/mol. The maximum atomic E-state index is 5.80. The van der Waals surface area contributed by atoms with Crippen molar-refractivity contribution in [1.82, 2.24) is 10.2 Å².